The molecule has 6 heteroatoms. The molecule has 1 heterocycles. The van der Waals surface area contributed by atoms with Crippen LogP contribution in [-0.2, 0) is 0 Å². The normalized spacial score (nSPS) is 15.8. The molecule has 0 saturated carbocycles. The lowest BCUT2D eigenvalue weighted by Crippen LogP contribution is -2.52. The minimum atomic E-state index is -0.412. The number of fused-ring (bicyclic) bond motifs is 1. The number of anilines is 2. The lowest BCUT2D eigenvalue weighted by Gasteiger charge is -2.41. The molecule has 0 N–H and O–H groups in total. The van der Waals surface area contributed by atoms with Crippen LogP contribution in [0.5, 0.6) is 0 Å². The monoisotopic (exact) mass is 392 g/mol. The highest BCUT2D eigenvalue weighted by Crippen LogP contribution is 2.37. The maximum Gasteiger partial charge on any atom is 0.258 e. The van der Waals surface area contributed by atoms with E-state index >= 15 is 0 Å². The van der Waals surface area contributed by atoms with Gasteiger partial charge in [0, 0.05) is 17.7 Å². The fourth-order valence-electron chi connectivity index (χ4n) is 3.56. The summed E-state index contributed by atoms with van der Waals surface area (Å²) in [7, 11) is 0. The van der Waals surface area contributed by atoms with Gasteiger partial charge in [-0.15, -0.1) is 0 Å². The number of carbonyl (C=O) groups excluding carboxylic acids is 2. The van der Waals surface area contributed by atoms with Gasteiger partial charge in [0.2, 0.25) is 0 Å². The first-order valence-electron chi connectivity index (χ1n) is 9.21. The smallest absolute Gasteiger partial charge is 0.258 e. The van der Waals surface area contributed by atoms with Crippen LogP contribution < -0.4 is 9.80 Å². The van der Waals surface area contributed by atoms with Crippen molar-refractivity contribution in [2.75, 3.05) is 16.3 Å². The molecule has 4 nitrogen and oxygen atoms in total. The third kappa shape index (κ3) is 3.49. The Bertz CT molecular complexity index is 1060. The summed E-state index contributed by atoms with van der Waals surface area (Å²) >= 11 is 0. The number of nitrogens with zero attached hydrogens (tertiary/aromatic N) is 2. The lowest BCUT2D eigenvalue weighted by atomic mass is 10.0. The Labute approximate surface area is 167 Å². The van der Waals surface area contributed by atoms with Gasteiger partial charge >= 0.3 is 0 Å². The molecular formula is C23H18F2N2O2. The van der Waals surface area contributed by atoms with Gasteiger partial charge in [0.1, 0.15) is 11.6 Å². The number of halogens is 2. The van der Waals surface area contributed by atoms with Crippen molar-refractivity contribution in [1.82, 2.24) is 0 Å². The van der Waals surface area contributed by atoms with E-state index in [2.05, 4.69) is 0 Å². The van der Waals surface area contributed by atoms with E-state index in [1.807, 2.05) is 6.92 Å². The zero-order valence-corrected chi connectivity index (χ0v) is 15.7. The Kier molecular flexibility index (Phi) is 4.84. The van der Waals surface area contributed by atoms with Gasteiger partial charge in [0.05, 0.1) is 17.4 Å². The third-order valence-corrected chi connectivity index (χ3v) is 4.97. The third-order valence-electron chi connectivity index (χ3n) is 4.97. The summed E-state index contributed by atoms with van der Waals surface area (Å²) in [6.45, 7) is 2.13. The van der Waals surface area contributed by atoms with Gasteiger partial charge in [-0.2, -0.15) is 0 Å². The van der Waals surface area contributed by atoms with Gasteiger partial charge in [0.25, 0.3) is 11.8 Å². The van der Waals surface area contributed by atoms with E-state index in [-0.39, 0.29) is 24.4 Å². The van der Waals surface area contributed by atoms with E-state index in [0.717, 1.165) is 0 Å². The van der Waals surface area contributed by atoms with Crippen molar-refractivity contribution in [1.29, 1.82) is 0 Å². The van der Waals surface area contributed by atoms with Crippen LogP contribution in [0.25, 0.3) is 0 Å². The maximum absolute atomic E-state index is 13.2. The highest BCUT2D eigenvalue weighted by Gasteiger charge is 2.35. The average Bonchev–Trinajstić information content (AvgIpc) is 2.73. The minimum absolute atomic E-state index is 0.265. The Morgan fingerprint density at radius 3 is 1.79 bits per heavy atom. The summed E-state index contributed by atoms with van der Waals surface area (Å²) in [6.07, 6.45) is 0. The zero-order chi connectivity index (χ0) is 20.5. The van der Waals surface area contributed by atoms with Gasteiger partial charge in [-0.3, -0.25) is 9.59 Å². The number of para-hydroxylation sites is 2. The number of hydrogen-bond donors (Lipinski definition) is 0. The Morgan fingerprint density at radius 2 is 1.24 bits per heavy atom. The predicted octanol–water partition coefficient (Wildman–Crippen LogP) is 4.66. The van der Waals surface area contributed by atoms with Crippen LogP contribution in [0.3, 0.4) is 0 Å². The summed E-state index contributed by atoms with van der Waals surface area (Å²) in [5, 5.41) is 0. The van der Waals surface area contributed by atoms with E-state index in [4.69, 9.17) is 0 Å². The van der Waals surface area contributed by atoms with E-state index < -0.39 is 11.6 Å². The molecule has 1 aliphatic rings. The molecule has 0 saturated heterocycles. The molecule has 1 unspecified atom stereocenters. The molecule has 0 bridgehead atoms. The zero-order valence-electron chi connectivity index (χ0n) is 15.7. The standard InChI is InChI=1S/C23H18F2N2O2/c1-15-14-26(22(28)16-6-10-18(24)11-7-16)20-4-2-3-5-21(20)27(15)23(29)17-8-12-19(25)13-9-17/h2-13,15H,14H2,1H3. The fourth-order valence-corrected chi connectivity index (χ4v) is 3.56. The first kappa shape index (κ1) is 18.8. The molecule has 146 valence electrons. The molecule has 4 rings (SSSR count). The second-order valence-electron chi connectivity index (χ2n) is 6.94. The maximum atomic E-state index is 13.2. The van der Waals surface area contributed by atoms with E-state index in [9.17, 15) is 18.4 Å². The Balaban J connectivity index is 1.72. The first-order valence-corrected chi connectivity index (χ1v) is 9.21. The summed E-state index contributed by atoms with van der Waals surface area (Å²) < 4.78 is 26.5. The summed E-state index contributed by atoms with van der Waals surface area (Å²) in [4.78, 5) is 29.4. The predicted molar refractivity (Wildman–Crippen MR) is 107 cm³/mol. The van der Waals surface area contributed by atoms with Gasteiger partial charge in [-0.25, -0.2) is 8.78 Å². The van der Waals surface area contributed by atoms with Crippen LogP contribution in [-0.4, -0.2) is 24.4 Å². The SMILES string of the molecule is CC1CN(C(=O)c2ccc(F)cc2)c2ccccc2N1C(=O)c1ccc(F)cc1. The second-order valence-corrected chi connectivity index (χ2v) is 6.94. The van der Waals surface area contributed by atoms with E-state index in [0.29, 0.717) is 22.5 Å². The quantitative estimate of drug-likeness (QED) is 0.636. The molecule has 3 aromatic rings. The van der Waals surface area contributed by atoms with Gasteiger partial charge < -0.3 is 9.80 Å². The van der Waals surface area contributed by atoms with Crippen LogP contribution in [0.15, 0.2) is 72.8 Å². The van der Waals surface area contributed by atoms with Crippen LogP contribution >= 0.6 is 0 Å². The van der Waals surface area contributed by atoms with Crippen LogP contribution in [0.2, 0.25) is 0 Å². The van der Waals surface area contributed by atoms with Gasteiger partial charge in [0.15, 0.2) is 0 Å². The molecule has 0 radical (unpaired) electrons. The molecule has 1 atom stereocenters. The molecule has 3 aromatic carbocycles. The van der Waals surface area contributed by atoms with Crippen molar-refractivity contribution in [2.24, 2.45) is 0 Å². The van der Waals surface area contributed by atoms with Crippen molar-refractivity contribution in [3.8, 4) is 0 Å². The summed E-state index contributed by atoms with van der Waals surface area (Å²) in [5.41, 5.74) is 1.92. The Morgan fingerprint density at radius 1 is 0.759 bits per heavy atom. The van der Waals surface area contributed by atoms with Crippen molar-refractivity contribution in [3.05, 3.63) is 95.6 Å². The molecule has 0 aliphatic carbocycles. The minimum Gasteiger partial charge on any atom is -0.304 e. The number of carbonyl (C=O) groups is 2. The molecule has 1 aliphatic heterocycles. The highest BCUT2D eigenvalue weighted by molar-refractivity contribution is 6.13. The van der Waals surface area contributed by atoms with E-state index in [1.165, 1.54) is 48.5 Å². The summed E-state index contributed by atoms with van der Waals surface area (Å²) in [5.74, 6) is -1.35. The van der Waals surface area contributed by atoms with Crippen LogP contribution in [0.1, 0.15) is 27.6 Å². The van der Waals surface area contributed by atoms with Crippen molar-refractivity contribution < 1.29 is 18.4 Å². The fraction of sp³-hybridized carbons (Fsp3) is 0.130. The largest absolute Gasteiger partial charge is 0.304 e. The van der Waals surface area contributed by atoms with Crippen molar-refractivity contribution >= 4 is 23.2 Å². The Hall–Kier alpha value is -3.54. The summed E-state index contributed by atoms with van der Waals surface area (Å²) in [6, 6.07) is 17.6. The number of hydrogen-bond acceptors (Lipinski definition) is 2. The van der Waals surface area contributed by atoms with Crippen molar-refractivity contribution in [3.63, 3.8) is 0 Å². The topological polar surface area (TPSA) is 40.6 Å². The molecule has 29 heavy (non-hydrogen) atoms. The lowest BCUT2D eigenvalue weighted by molar-refractivity contribution is 0.0952. The van der Waals surface area contributed by atoms with Crippen LogP contribution in [0, 0.1) is 11.6 Å². The molecule has 0 fully saturated rings. The molecular weight excluding hydrogens is 374 g/mol. The number of rotatable bonds is 2. The average molecular weight is 392 g/mol. The van der Waals surface area contributed by atoms with Gasteiger partial charge in [-0.05, 0) is 67.6 Å². The van der Waals surface area contributed by atoms with Crippen LogP contribution in [0.4, 0.5) is 20.2 Å². The van der Waals surface area contributed by atoms with E-state index in [1.54, 1.807) is 34.1 Å². The number of benzene rings is 3. The molecule has 2 amide bonds. The van der Waals surface area contributed by atoms with Gasteiger partial charge in [-0.1, -0.05) is 12.1 Å². The molecule has 0 aromatic heterocycles. The first-order chi connectivity index (χ1) is 14.0. The molecule has 0 spiro atoms. The second kappa shape index (κ2) is 7.47. The highest BCUT2D eigenvalue weighted by atomic mass is 19.1. The van der Waals surface area contributed by atoms with Crippen molar-refractivity contribution in [2.45, 2.75) is 13.0 Å². The number of amides is 2.